The highest BCUT2D eigenvalue weighted by molar-refractivity contribution is 5.91. The summed E-state index contributed by atoms with van der Waals surface area (Å²) < 4.78 is 31.1. The number of fused-ring (bicyclic) bond motifs is 1. The van der Waals surface area contributed by atoms with Gasteiger partial charge in [-0.15, -0.1) is 5.10 Å². The predicted molar refractivity (Wildman–Crippen MR) is 129 cm³/mol. The van der Waals surface area contributed by atoms with Crippen molar-refractivity contribution in [1.82, 2.24) is 19.7 Å². The molecule has 1 amide bonds. The summed E-state index contributed by atoms with van der Waals surface area (Å²) in [4.78, 5) is 32.1. The van der Waals surface area contributed by atoms with Gasteiger partial charge in [-0.2, -0.15) is 9.37 Å². The molecule has 0 unspecified atom stereocenters. The first-order chi connectivity index (χ1) is 17.3. The Labute approximate surface area is 206 Å². The zero-order valence-electron chi connectivity index (χ0n) is 20.5. The van der Waals surface area contributed by atoms with E-state index in [0.717, 1.165) is 6.42 Å². The highest BCUT2D eigenvalue weighted by Gasteiger charge is 2.23. The van der Waals surface area contributed by atoms with Crippen LogP contribution in [-0.2, 0) is 16.0 Å². The third-order valence-electron chi connectivity index (χ3n) is 5.43. The van der Waals surface area contributed by atoms with E-state index >= 15 is 0 Å². The van der Waals surface area contributed by atoms with Crippen molar-refractivity contribution in [3.05, 3.63) is 35.3 Å². The Kier molecular flexibility index (Phi) is 8.95. The van der Waals surface area contributed by atoms with Gasteiger partial charge < -0.3 is 24.6 Å². The minimum absolute atomic E-state index is 0.0590. The molecular weight excluding hydrogens is 475 g/mol. The standard InChI is InChI=1S/C23H29FN6O6/c1-5-6-15(9-10-31)25-20-18-17(26-22(27-20)28-23(33)36-4)19(24)29-30(18)12-14-8-7-13(21(32)35-3)11-16(14)34-2/h7-8,11,15,31H,5-6,9-10,12H2,1-4H3,(H2,25,26,27,28,33)/t15-/m0/s1. The summed E-state index contributed by atoms with van der Waals surface area (Å²) in [5.41, 5.74) is 1.03. The van der Waals surface area contributed by atoms with Crippen molar-refractivity contribution in [1.29, 1.82) is 0 Å². The number of aliphatic hydroxyl groups excluding tert-OH is 1. The van der Waals surface area contributed by atoms with Crippen LogP contribution in [0.5, 0.6) is 5.75 Å². The van der Waals surface area contributed by atoms with Crippen molar-refractivity contribution < 1.29 is 33.3 Å². The highest BCUT2D eigenvalue weighted by atomic mass is 19.1. The number of aromatic nitrogens is 4. The van der Waals surface area contributed by atoms with Gasteiger partial charge in [-0.25, -0.2) is 14.6 Å². The number of amides is 1. The fourth-order valence-corrected chi connectivity index (χ4v) is 3.73. The van der Waals surface area contributed by atoms with E-state index in [2.05, 4.69) is 30.4 Å². The lowest BCUT2D eigenvalue weighted by molar-refractivity contribution is 0.0600. The number of hydrogen-bond acceptors (Lipinski definition) is 10. The second-order valence-electron chi connectivity index (χ2n) is 7.82. The number of halogens is 1. The number of benzene rings is 1. The van der Waals surface area contributed by atoms with Gasteiger partial charge in [0, 0.05) is 18.2 Å². The number of rotatable bonds is 11. The number of methoxy groups -OCH3 is 3. The predicted octanol–water partition coefficient (Wildman–Crippen LogP) is 2.95. The molecule has 194 valence electrons. The summed E-state index contributed by atoms with van der Waals surface area (Å²) in [6, 6.07) is 4.57. The Balaban J connectivity index is 2.11. The molecule has 0 aliphatic heterocycles. The van der Waals surface area contributed by atoms with Gasteiger partial charge in [-0.05, 0) is 25.0 Å². The molecule has 0 aliphatic carbocycles. The summed E-state index contributed by atoms with van der Waals surface area (Å²) in [5, 5.41) is 19.1. The van der Waals surface area contributed by atoms with Gasteiger partial charge in [0.05, 0.1) is 33.4 Å². The molecule has 36 heavy (non-hydrogen) atoms. The van der Waals surface area contributed by atoms with Crippen LogP contribution in [-0.4, -0.2) is 70.9 Å². The average molecular weight is 505 g/mol. The largest absolute Gasteiger partial charge is 0.496 e. The van der Waals surface area contributed by atoms with E-state index < -0.39 is 18.0 Å². The van der Waals surface area contributed by atoms with E-state index in [9.17, 15) is 19.1 Å². The quantitative estimate of drug-likeness (QED) is 0.333. The smallest absolute Gasteiger partial charge is 0.413 e. The lowest BCUT2D eigenvalue weighted by Crippen LogP contribution is -2.23. The van der Waals surface area contributed by atoms with Gasteiger partial charge in [0.1, 0.15) is 11.3 Å². The maximum atomic E-state index is 15.0. The summed E-state index contributed by atoms with van der Waals surface area (Å²) in [7, 11) is 3.91. The number of hydrogen-bond donors (Lipinski definition) is 3. The molecule has 0 saturated heterocycles. The Bertz CT molecular complexity index is 1230. The molecule has 1 aromatic carbocycles. The number of ether oxygens (including phenoxy) is 3. The second kappa shape index (κ2) is 12.1. The van der Waals surface area contributed by atoms with Gasteiger partial charge >= 0.3 is 12.1 Å². The van der Waals surface area contributed by atoms with Crippen molar-refractivity contribution in [3.8, 4) is 5.75 Å². The van der Waals surface area contributed by atoms with Crippen LogP contribution < -0.4 is 15.4 Å². The van der Waals surface area contributed by atoms with Crippen LogP contribution >= 0.6 is 0 Å². The number of carbonyl (C=O) groups excluding carboxylic acids is 2. The maximum Gasteiger partial charge on any atom is 0.413 e. The summed E-state index contributed by atoms with van der Waals surface area (Å²) in [6.45, 7) is 2.00. The van der Waals surface area contributed by atoms with E-state index in [1.807, 2.05) is 6.92 Å². The van der Waals surface area contributed by atoms with E-state index in [0.29, 0.717) is 29.7 Å². The molecule has 0 radical (unpaired) electrons. The number of aliphatic hydroxyl groups is 1. The van der Waals surface area contributed by atoms with Crippen molar-refractivity contribution in [3.63, 3.8) is 0 Å². The van der Waals surface area contributed by atoms with Crippen LogP contribution in [0.15, 0.2) is 18.2 Å². The van der Waals surface area contributed by atoms with E-state index in [1.165, 1.54) is 32.1 Å². The monoisotopic (exact) mass is 504 g/mol. The number of carbonyl (C=O) groups is 2. The molecule has 2 aromatic heterocycles. The molecule has 3 rings (SSSR count). The van der Waals surface area contributed by atoms with Gasteiger partial charge in [0.15, 0.2) is 11.3 Å². The molecule has 0 saturated carbocycles. The zero-order chi connectivity index (χ0) is 26.2. The maximum absolute atomic E-state index is 15.0. The molecule has 12 nitrogen and oxygen atoms in total. The number of nitrogens with one attached hydrogen (secondary N) is 2. The molecule has 0 aliphatic rings. The van der Waals surface area contributed by atoms with Crippen molar-refractivity contribution in [2.45, 2.75) is 38.8 Å². The van der Waals surface area contributed by atoms with Crippen LogP contribution in [0.1, 0.15) is 42.1 Å². The fraction of sp³-hybridized carbons (Fsp3) is 0.435. The van der Waals surface area contributed by atoms with Crippen LogP contribution in [0.3, 0.4) is 0 Å². The highest BCUT2D eigenvalue weighted by Crippen LogP contribution is 2.29. The molecular formula is C23H29FN6O6. The van der Waals surface area contributed by atoms with Crippen molar-refractivity contribution >= 4 is 34.9 Å². The van der Waals surface area contributed by atoms with Crippen LogP contribution in [0.4, 0.5) is 21.0 Å². The number of nitrogens with zero attached hydrogens (tertiary/aromatic N) is 4. The number of esters is 1. The topological polar surface area (TPSA) is 150 Å². The minimum Gasteiger partial charge on any atom is -0.496 e. The fourth-order valence-electron chi connectivity index (χ4n) is 3.73. The lowest BCUT2D eigenvalue weighted by Gasteiger charge is -2.19. The Morgan fingerprint density at radius 3 is 2.58 bits per heavy atom. The molecule has 0 bridgehead atoms. The van der Waals surface area contributed by atoms with E-state index in [-0.39, 0.29) is 42.0 Å². The van der Waals surface area contributed by atoms with Gasteiger partial charge in [-0.1, -0.05) is 19.4 Å². The van der Waals surface area contributed by atoms with Gasteiger partial charge in [-0.3, -0.25) is 10.00 Å². The summed E-state index contributed by atoms with van der Waals surface area (Å²) in [5.74, 6) is -0.963. The van der Waals surface area contributed by atoms with Crippen molar-refractivity contribution in [2.75, 3.05) is 38.6 Å². The molecule has 13 heteroatoms. The summed E-state index contributed by atoms with van der Waals surface area (Å²) >= 11 is 0. The Morgan fingerprint density at radius 2 is 1.94 bits per heavy atom. The SMILES string of the molecule is CCC[C@@H](CCO)Nc1nc(NC(=O)OC)nc2c(F)nn(Cc3ccc(C(=O)OC)cc3OC)c12. The van der Waals surface area contributed by atoms with E-state index in [1.54, 1.807) is 12.1 Å². The normalized spacial score (nSPS) is 11.7. The first-order valence-corrected chi connectivity index (χ1v) is 11.3. The Hall–Kier alpha value is -4.00. The molecule has 0 fully saturated rings. The van der Waals surface area contributed by atoms with Gasteiger partial charge in [0.2, 0.25) is 5.95 Å². The number of anilines is 2. The summed E-state index contributed by atoms with van der Waals surface area (Å²) in [6.07, 6.45) is 1.16. The lowest BCUT2D eigenvalue weighted by atomic mass is 10.1. The molecule has 3 N–H and O–H groups in total. The van der Waals surface area contributed by atoms with Crippen LogP contribution in [0, 0.1) is 5.95 Å². The van der Waals surface area contributed by atoms with Crippen molar-refractivity contribution in [2.24, 2.45) is 0 Å². The van der Waals surface area contributed by atoms with Crippen LogP contribution in [0.25, 0.3) is 11.0 Å². The van der Waals surface area contributed by atoms with Gasteiger partial charge in [0.25, 0.3) is 5.95 Å². The first-order valence-electron chi connectivity index (χ1n) is 11.3. The third-order valence-corrected chi connectivity index (χ3v) is 5.43. The average Bonchev–Trinajstić information content (AvgIpc) is 3.18. The molecule has 0 spiro atoms. The third kappa shape index (κ3) is 5.97. The molecule has 3 aromatic rings. The first kappa shape index (κ1) is 26.6. The zero-order valence-corrected chi connectivity index (χ0v) is 20.5. The van der Waals surface area contributed by atoms with E-state index in [4.69, 9.17) is 9.47 Å². The minimum atomic E-state index is -0.872. The second-order valence-corrected chi connectivity index (χ2v) is 7.82. The Morgan fingerprint density at radius 1 is 1.17 bits per heavy atom. The van der Waals surface area contributed by atoms with Crippen LogP contribution in [0.2, 0.25) is 0 Å². The molecule has 2 heterocycles. The molecule has 1 atom stereocenters.